The number of hydrogen-bond donors (Lipinski definition) is 3. The van der Waals surface area contributed by atoms with Gasteiger partial charge in [0.25, 0.3) is 0 Å². The summed E-state index contributed by atoms with van der Waals surface area (Å²) in [4.78, 5) is 1.63. The van der Waals surface area contributed by atoms with Crippen LogP contribution in [0.2, 0.25) is 0 Å². The van der Waals surface area contributed by atoms with Gasteiger partial charge in [-0.05, 0) is 80.8 Å². The number of morpholine rings is 1. The van der Waals surface area contributed by atoms with Crippen molar-refractivity contribution in [2.45, 2.75) is 51.5 Å². The molecule has 5 fully saturated rings. The Labute approximate surface area is 152 Å². The van der Waals surface area contributed by atoms with Crippen LogP contribution in [0.4, 0.5) is 0 Å². The van der Waals surface area contributed by atoms with Gasteiger partial charge < -0.3 is 20.3 Å². The predicted octanol–water partition coefficient (Wildman–Crippen LogP) is 0.971. The van der Waals surface area contributed by atoms with Crippen LogP contribution in [0, 0.1) is 23.2 Å². The van der Waals surface area contributed by atoms with E-state index in [1.165, 1.54) is 38.5 Å². The maximum Gasteiger partial charge on any atom is 0.166 e. The number of nitrogens with one attached hydrogen (secondary N) is 3. The number of rotatable bonds is 5. The van der Waals surface area contributed by atoms with Gasteiger partial charge in [0, 0.05) is 6.04 Å². The maximum absolute atomic E-state index is 5.60. The van der Waals surface area contributed by atoms with Crippen LogP contribution in [0.1, 0.15) is 45.4 Å². The average Bonchev–Trinajstić information content (AvgIpc) is 2.54. The van der Waals surface area contributed by atoms with Gasteiger partial charge in [0.2, 0.25) is 0 Å². The molecule has 0 spiro atoms. The fraction of sp³-hybridized carbons (Fsp3) is 0.947. The molecule has 5 heteroatoms. The van der Waals surface area contributed by atoms with Crippen LogP contribution in [0.3, 0.4) is 0 Å². The second-order valence-electron chi connectivity index (χ2n) is 9.01. The number of hydrogen-bond acceptors (Lipinski definition) is 2. The molecule has 0 aromatic heterocycles. The molecule has 4 aliphatic carbocycles. The lowest BCUT2D eigenvalue weighted by atomic mass is 9.48. The van der Waals surface area contributed by atoms with Crippen LogP contribution >= 0.6 is 12.2 Å². The van der Waals surface area contributed by atoms with Gasteiger partial charge in [0.15, 0.2) is 5.11 Å². The molecule has 1 atom stereocenters. The highest BCUT2D eigenvalue weighted by Gasteiger charge is 2.53. The van der Waals surface area contributed by atoms with Crippen molar-refractivity contribution in [3.8, 4) is 0 Å². The van der Waals surface area contributed by atoms with Gasteiger partial charge in [0.05, 0.1) is 26.3 Å². The van der Waals surface area contributed by atoms with Crippen LogP contribution in [-0.2, 0) is 4.74 Å². The molecule has 1 saturated heterocycles. The predicted molar refractivity (Wildman–Crippen MR) is 100 cm³/mol. The third-order valence-electron chi connectivity index (χ3n) is 7.32. The van der Waals surface area contributed by atoms with Crippen molar-refractivity contribution in [3.63, 3.8) is 0 Å². The summed E-state index contributed by atoms with van der Waals surface area (Å²) >= 11 is 5.60. The molecule has 0 aromatic rings. The smallest absolute Gasteiger partial charge is 0.166 e. The molecule has 24 heavy (non-hydrogen) atoms. The summed E-state index contributed by atoms with van der Waals surface area (Å²) in [5, 5.41) is 7.98. The minimum absolute atomic E-state index is 0.515. The van der Waals surface area contributed by atoms with Crippen molar-refractivity contribution < 1.29 is 9.64 Å². The second-order valence-corrected chi connectivity index (χ2v) is 9.42. The Morgan fingerprint density at radius 3 is 2.29 bits per heavy atom. The minimum Gasteiger partial charge on any atom is -0.370 e. The largest absolute Gasteiger partial charge is 0.370 e. The lowest BCUT2D eigenvalue weighted by Crippen LogP contribution is -3.14. The van der Waals surface area contributed by atoms with Crippen molar-refractivity contribution in [1.82, 2.24) is 10.6 Å². The average molecular weight is 353 g/mol. The van der Waals surface area contributed by atoms with Crippen LogP contribution in [0.5, 0.6) is 0 Å². The van der Waals surface area contributed by atoms with Gasteiger partial charge in [-0.15, -0.1) is 0 Å². The maximum atomic E-state index is 5.60. The van der Waals surface area contributed by atoms with Gasteiger partial charge in [-0.25, -0.2) is 0 Å². The van der Waals surface area contributed by atoms with E-state index >= 15 is 0 Å². The zero-order chi connectivity index (χ0) is 16.6. The fourth-order valence-corrected chi connectivity index (χ4v) is 6.65. The zero-order valence-corrected chi connectivity index (χ0v) is 15.9. The monoisotopic (exact) mass is 352 g/mol. The summed E-state index contributed by atoms with van der Waals surface area (Å²) in [7, 11) is 0. The number of thiocarbonyl (C=S) groups is 1. The first-order chi connectivity index (χ1) is 11.6. The van der Waals surface area contributed by atoms with E-state index in [2.05, 4.69) is 17.6 Å². The highest BCUT2D eigenvalue weighted by atomic mass is 32.1. The zero-order valence-electron chi connectivity index (χ0n) is 15.1. The lowest BCUT2D eigenvalue weighted by Gasteiger charge is -2.59. The summed E-state index contributed by atoms with van der Waals surface area (Å²) in [5.74, 6) is 3.02. The summed E-state index contributed by atoms with van der Waals surface area (Å²) in [6.45, 7) is 8.55. The highest BCUT2D eigenvalue weighted by Crippen LogP contribution is 2.61. The normalized spacial score (nSPS) is 39.6. The van der Waals surface area contributed by atoms with Crippen molar-refractivity contribution in [1.29, 1.82) is 0 Å². The molecule has 3 N–H and O–H groups in total. The molecule has 5 rings (SSSR count). The van der Waals surface area contributed by atoms with E-state index in [4.69, 9.17) is 17.0 Å². The third kappa shape index (κ3) is 3.58. The Bertz CT molecular complexity index is 428. The van der Waals surface area contributed by atoms with E-state index in [0.29, 0.717) is 11.5 Å². The van der Waals surface area contributed by atoms with Crippen molar-refractivity contribution in [2.75, 3.05) is 39.4 Å². The third-order valence-corrected chi connectivity index (χ3v) is 7.58. The standard InChI is InChI=1S/C19H33N3OS/c1-14(19-11-15-8-16(12-19)10-17(9-15)13-19)21-18(24)20-2-3-22-4-6-23-7-5-22/h14-17H,2-13H2,1H3,(H2,20,21,24)/p+1/t14-,15?,16?,17?,19?/m1/s1. The van der Waals surface area contributed by atoms with E-state index in [1.54, 1.807) is 4.90 Å². The Kier molecular flexibility index (Phi) is 5.03. The van der Waals surface area contributed by atoms with Crippen LogP contribution in [0.25, 0.3) is 0 Å². The van der Waals surface area contributed by atoms with E-state index in [0.717, 1.165) is 62.3 Å². The first kappa shape index (κ1) is 17.0. The topological polar surface area (TPSA) is 37.7 Å². The summed E-state index contributed by atoms with van der Waals surface area (Å²) in [6, 6.07) is 0.515. The van der Waals surface area contributed by atoms with Crippen molar-refractivity contribution in [2.24, 2.45) is 23.2 Å². The Hall–Kier alpha value is -0.390. The van der Waals surface area contributed by atoms with Gasteiger partial charge in [-0.2, -0.15) is 0 Å². The summed E-state index contributed by atoms with van der Waals surface area (Å²) in [6.07, 6.45) is 8.85. The molecule has 5 aliphatic rings. The molecule has 4 nitrogen and oxygen atoms in total. The Morgan fingerprint density at radius 2 is 1.71 bits per heavy atom. The van der Waals surface area contributed by atoms with E-state index in [1.807, 2.05) is 0 Å². The molecule has 0 aromatic carbocycles. The Morgan fingerprint density at radius 1 is 1.12 bits per heavy atom. The molecule has 0 unspecified atom stereocenters. The molecular weight excluding hydrogens is 318 g/mol. The number of quaternary nitrogens is 1. The molecule has 1 heterocycles. The molecular formula is C19H34N3OS+. The summed E-state index contributed by atoms with van der Waals surface area (Å²) < 4.78 is 5.42. The van der Waals surface area contributed by atoms with Crippen LogP contribution < -0.4 is 15.5 Å². The van der Waals surface area contributed by atoms with Crippen molar-refractivity contribution in [3.05, 3.63) is 0 Å². The number of ether oxygens (including phenoxy) is 1. The fourth-order valence-electron chi connectivity index (χ4n) is 6.37. The molecule has 0 amide bonds. The van der Waals surface area contributed by atoms with Crippen molar-refractivity contribution >= 4 is 17.3 Å². The van der Waals surface area contributed by atoms with Gasteiger partial charge >= 0.3 is 0 Å². The molecule has 136 valence electrons. The van der Waals surface area contributed by atoms with E-state index in [-0.39, 0.29) is 0 Å². The van der Waals surface area contributed by atoms with Crippen LogP contribution in [0.15, 0.2) is 0 Å². The highest BCUT2D eigenvalue weighted by molar-refractivity contribution is 7.80. The first-order valence-corrected chi connectivity index (χ1v) is 10.5. The molecule has 4 saturated carbocycles. The van der Waals surface area contributed by atoms with Gasteiger partial charge in [-0.1, -0.05) is 0 Å². The SMILES string of the molecule is C[C@@H](NC(=S)NCC[NH+]1CCOCC1)C12CC3CC(CC(C3)C1)C2. The van der Waals surface area contributed by atoms with E-state index in [9.17, 15) is 0 Å². The second kappa shape index (κ2) is 7.08. The molecule has 1 aliphatic heterocycles. The molecule has 0 radical (unpaired) electrons. The van der Waals surface area contributed by atoms with Gasteiger partial charge in [0.1, 0.15) is 13.1 Å². The lowest BCUT2D eigenvalue weighted by molar-refractivity contribution is -0.906. The van der Waals surface area contributed by atoms with E-state index < -0.39 is 0 Å². The van der Waals surface area contributed by atoms with Crippen LogP contribution in [-0.4, -0.2) is 50.5 Å². The summed E-state index contributed by atoms with van der Waals surface area (Å²) in [5.41, 5.74) is 0.524. The van der Waals surface area contributed by atoms with Gasteiger partial charge in [-0.3, -0.25) is 0 Å². The molecule has 4 bridgehead atoms. The Balaban J connectivity index is 1.23. The first-order valence-electron chi connectivity index (χ1n) is 10.1. The quantitative estimate of drug-likeness (QED) is 0.645. The minimum atomic E-state index is 0.515.